The summed E-state index contributed by atoms with van der Waals surface area (Å²) in [6, 6.07) is 12.4. The van der Waals surface area contributed by atoms with Crippen molar-refractivity contribution in [3.63, 3.8) is 0 Å². The highest BCUT2D eigenvalue weighted by Crippen LogP contribution is 2.24. The van der Waals surface area contributed by atoms with Gasteiger partial charge in [0.2, 0.25) is 5.91 Å². The lowest BCUT2D eigenvalue weighted by atomic mass is 10.1. The maximum absolute atomic E-state index is 12.2. The number of nitro groups is 1. The van der Waals surface area contributed by atoms with Crippen LogP contribution in [0, 0.1) is 10.1 Å². The molecule has 0 radical (unpaired) electrons. The third-order valence-corrected chi connectivity index (χ3v) is 4.04. The van der Waals surface area contributed by atoms with E-state index in [0.717, 1.165) is 4.90 Å². The van der Waals surface area contributed by atoms with Gasteiger partial charge in [-0.25, -0.2) is 0 Å². The molecule has 0 spiro atoms. The molecule has 0 aliphatic carbocycles. The first-order chi connectivity index (χ1) is 12.5. The SMILES string of the molecule is O=C(CCCN1C(=O)c2ccccc2C1=O)Nc1ccccc1[N+](=O)[O-]. The fourth-order valence-corrected chi connectivity index (χ4v) is 2.79. The zero-order valence-electron chi connectivity index (χ0n) is 13.7. The van der Waals surface area contributed by atoms with Gasteiger partial charge in [-0.3, -0.25) is 29.4 Å². The minimum atomic E-state index is -0.575. The number of amides is 3. The van der Waals surface area contributed by atoms with Crippen LogP contribution in [0.1, 0.15) is 33.6 Å². The second kappa shape index (κ2) is 7.14. The monoisotopic (exact) mass is 353 g/mol. The standard InChI is InChI=1S/C18H15N3O5/c22-16(19-14-8-3-4-9-15(14)21(25)26)10-5-11-20-17(23)12-6-1-2-7-13(12)18(20)24/h1-4,6-9H,5,10-11H2,(H,19,22). The van der Waals surface area contributed by atoms with E-state index >= 15 is 0 Å². The zero-order chi connectivity index (χ0) is 18.7. The number of para-hydroxylation sites is 2. The van der Waals surface area contributed by atoms with Crippen molar-refractivity contribution in [2.24, 2.45) is 0 Å². The molecule has 8 heteroatoms. The highest BCUT2D eigenvalue weighted by Gasteiger charge is 2.34. The lowest BCUT2D eigenvalue weighted by Gasteiger charge is -2.13. The van der Waals surface area contributed by atoms with Crippen LogP contribution in [0.15, 0.2) is 48.5 Å². The molecule has 3 rings (SSSR count). The van der Waals surface area contributed by atoms with Crippen molar-refractivity contribution in [3.05, 3.63) is 69.8 Å². The fraction of sp³-hybridized carbons (Fsp3) is 0.167. The van der Waals surface area contributed by atoms with Crippen molar-refractivity contribution in [1.82, 2.24) is 4.90 Å². The van der Waals surface area contributed by atoms with E-state index in [4.69, 9.17) is 0 Å². The number of rotatable bonds is 6. The molecule has 0 fully saturated rings. The van der Waals surface area contributed by atoms with Crippen LogP contribution in [0.3, 0.4) is 0 Å². The first kappa shape index (κ1) is 17.3. The van der Waals surface area contributed by atoms with E-state index < -0.39 is 10.8 Å². The molecule has 0 bridgehead atoms. The Morgan fingerprint density at radius 1 is 1.00 bits per heavy atom. The van der Waals surface area contributed by atoms with Crippen LogP contribution >= 0.6 is 0 Å². The van der Waals surface area contributed by atoms with E-state index in [1.165, 1.54) is 18.2 Å². The van der Waals surface area contributed by atoms with Gasteiger partial charge in [0.25, 0.3) is 17.5 Å². The van der Waals surface area contributed by atoms with Gasteiger partial charge in [-0.15, -0.1) is 0 Å². The van der Waals surface area contributed by atoms with Gasteiger partial charge in [-0.1, -0.05) is 24.3 Å². The Morgan fingerprint density at radius 3 is 2.19 bits per heavy atom. The van der Waals surface area contributed by atoms with E-state index in [1.807, 2.05) is 0 Å². The van der Waals surface area contributed by atoms with Crippen molar-refractivity contribution >= 4 is 29.1 Å². The quantitative estimate of drug-likeness (QED) is 0.488. The number of fused-ring (bicyclic) bond motifs is 1. The number of nitrogens with one attached hydrogen (secondary N) is 1. The summed E-state index contributed by atoms with van der Waals surface area (Å²) >= 11 is 0. The lowest BCUT2D eigenvalue weighted by molar-refractivity contribution is -0.383. The summed E-state index contributed by atoms with van der Waals surface area (Å²) in [5.74, 6) is -1.16. The van der Waals surface area contributed by atoms with Crippen LogP contribution < -0.4 is 5.32 Å². The van der Waals surface area contributed by atoms with E-state index in [1.54, 1.807) is 30.3 Å². The van der Waals surface area contributed by atoms with Gasteiger partial charge in [-0.05, 0) is 24.6 Å². The number of benzene rings is 2. The number of imide groups is 1. The summed E-state index contributed by atoms with van der Waals surface area (Å²) in [6.45, 7) is 0.108. The van der Waals surface area contributed by atoms with Crippen molar-refractivity contribution < 1.29 is 19.3 Å². The number of anilines is 1. The van der Waals surface area contributed by atoms with Crippen LogP contribution in [0.5, 0.6) is 0 Å². The van der Waals surface area contributed by atoms with Crippen LogP contribution in [0.4, 0.5) is 11.4 Å². The van der Waals surface area contributed by atoms with Gasteiger partial charge >= 0.3 is 0 Å². The van der Waals surface area contributed by atoms with Gasteiger partial charge in [0, 0.05) is 19.0 Å². The molecule has 132 valence electrons. The summed E-state index contributed by atoms with van der Waals surface area (Å²) in [6.07, 6.45) is 0.289. The Morgan fingerprint density at radius 2 is 1.58 bits per heavy atom. The van der Waals surface area contributed by atoms with Gasteiger partial charge in [-0.2, -0.15) is 0 Å². The van der Waals surface area contributed by atoms with Crippen LogP contribution in [-0.4, -0.2) is 34.1 Å². The average Bonchev–Trinajstić information content (AvgIpc) is 2.87. The molecule has 1 aliphatic rings. The normalized spacial score (nSPS) is 12.8. The molecule has 8 nitrogen and oxygen atoms in total. The molecule has 3 amide bonds. The first-order valence-corrected chi connectivity index (χ1v) is 7.97. The number of nitro benzene ring substituents is 1. The zero-order valence-corrected chi connectivity index (χ0v) is 13.7. The molecule has 0 aromatic heterocycles. The molecule has 2 aromatic carbocycles. The highest BCUT2D eigenvalue weighted by molar-refractivity contribution is 6.21. The maximum atomic E-state index is 12.2. The Kier molecular flexibility index (Phi) is 4.74. The summed E-state index contributed by atoms with van der Waals surface area (Å²) in [5.41, 5.74) is 0.646. The van der Waals surface area contributed by atoms with Gasteiger partial charge in [0.05, 0.1) is 16.1 Å². The number of hydrogen-bond donors (Lipinski definition) is 1. The maximum Gasteiger partial charge on any atom is 0.292 e. The smallest absolute Gasteiger partial charge is 0.292 e. The third kappa shape index (κ3) is 3.30. The molecule has 0 atom stereocenters. The second-order valence-electron chi connectivity index (χ2n) is 5.73. The predicted octanol–water partition coefficient (Wildman–Crippen LogP) is 2.61. The lowest BCUT2D eigenvalue weighted by Crippen LogP contribution is -2.31. The van der Waals surface area contributed by atoms with Crippen molar-refractivity contribution in [1.29, 1.82) is 0 Å². The van der Waals surface area contributed by atoms with Gasteiger partial charge in [0.15, 0.2) is 0 Å². The summed E-state index contributed by atoms with van der Waals surface area (Å²) in [7, 11) is 0. The van der Waals surface area contributed by atoms with Crippen molar-refractivity contribution in [3.8, 4) is 0 Å². The Labute approximate surface area is 148 Å². The first-order valence-electron chi connectivity index (χ1n) is 7.97. The predicted molar refractivity (Wildman–Crippen MR) is 92.8 cm³/mol. The topological polar surface area (TPSA) is 110 Å². The summed E-state index contributed by atoms with van der Waals surface area (Å²) in [4.78, 5) is 47.9. The van der Waals surface area contributed by atoms with Gasteiger partial charge < -0.3 is 5.32 Å². The van der Waals surface area contributed by atoms with Gasteiger partial charge in [0.1, 0.15) is 5.69 Å². The number of carbonyl (C=O) groups excluding carboxylic acids is 3. The Bertz CT molecular complexity index is 874. The van der Waals surface area contributed by atoms with E-state index in [0.29, 0.717) is 11.1 Å². The molecule has 0 saturated carbocycles. The molecule has 26 heavy (non-hydrogen) atoms. The van der Waals surface area contributed by atoms with E-state index in [-0.39, 0.29) is 42.6 Å². The molecule has 1 aliphatic heterocycles. The largest absolute Gasteiger partial charge is 0.320 e. The highest BCUT2D eigenvalue weighted by atomic mass is 16.6. The number of hydrogen-bond acceptors (Lipinski definition) is 5. The molecule has 0 saturated heterocycles. The summed E-state index contributed by atoms with van der Waals surface area (Å²) < 4.78 is 0. The molecule has 0 unspecified atom stereocenters. The average molecular weight is 353 g/mol. The molecule has 2 aromatic rings. The van der Waals surface area contributed by atoms with Crippen molar-refractivity contribution in [2.75, 3.05) is 11.9 Å². The fourth-order valence-electron chi connectivity index (χ4n) is 2.79. The van der Waals surface area contributed by atoms with Crippen LogP contribution in [0.25, 0.3) is 0 Å². The number of nitrogens with zero attached hydrogens (tertiary/aromatic N) is 2. The summed E-state index contributed by atoms with van der Waals surface area (Å²) in [5, 5.41) is 13.4. The number of carbonyl (C=O) groups is 3. The molecular weight excluding hydrogens is 338 g/mol. The van der Waals surface area contributed by atoms with E-state index in [9.17, 15) is 24.5 Å². The molecule has 1 heterocycles. The Hall–Kier alpha value is -3.55. The van der Waals surface area contributed by atoms with Crippen LogP contribution in [0.2, 0.25) is 0 Å². The third-order valence-electron chi connectivity index (χ3n) is 4.04. The molecular formula is C18H15N3O5. The molecule has 1 N–H and O–H groups in total. The minimum Gasteiger partial charge on any atom is -0.320 e. The second-order valence-corrected chi connectivity index (χ2v) is 5.73. The Balaban J connectivity index is 1.56. The van der Waals surface area contributed by atoms with E-state index in [2.05, 4.69) is 5.32 Å². The van der Waals surface area contributed by atoms with Crippen LogP contribution in [-0.2, 0) is 4.79 Å². The van der Waals surface area contributed by atoms with Crippen molar-refractivity contribution in [2.45, 2.75) is 12.8 Å². The minimum absolute atomic E-state index is 0.0272.